The van der Waals surface area contributed by atoms with E-state index in [9.17, 15) is 8.78 Å². The topological polar surface area (TPSA) is 39.2 Å². The van der Waals surface area contributed by atoms with Gasteiger partial charge in [-0.1, -0.05) is 0 Å². The fraction of sp³-hybridized carbons (Fsp3) is 0.333. The van der Waals surface area contributed by atoms with Crippen LogP contribution in [0, 0.1) is 0 Å². The molecule has 0 spiro atoms. The van der Waals surface area contributed by atoms with Crippen molar-refractivity contribution in [1.29, 1.82) is 0 Å². The third kappa shape index (κ3) is 1.91. The van der Waals surface area contributed by atoms with Crippen molar-refractivity contribution in [1.82, 2.24) is 0 Å². The van der Waals surface area contributed by atoms with Crippen LogP contribution < -0.4 is 5.73 Å². The average molecular weight is 182 g/mol. The van der Waals surface area contributed by atoms with Crippen molar-refractivity contribution in [3.8, 4) is 0 Å². The predicted octanol–water partition coefficient (Wildman–Crippen LogP) is 2.20. The molecule has 0 aliphatic rings. The highest BCUT2D eigenvalue weighted by atomic mass is 35.5. The summed E-state index contributed by atoms with van der Waals surface area (Å²) in [6.45, 7) is 0. The molecule has 0 fully saturated rings. The molecule has 0 saturated carbocycles. The molecule has 0 aliphatic heterocycles. The van der Waals surface area contributed by atoms with Crippen LogP contribution in [0.2, 0.25) is 5.22 Å². The monoisotopic (exact) mass is 181 g/mol. The molecule has 2 N–H and O–H groups in total. The lowest BCUT2D eigenvalue weighted by Gasteiger charge is -2.05. The van der Waals surface area contributed by atoms with Gasteiger partial charge in [0.05, 0.1) is 0 Å². The first-order valence-electron chi connectivity index (χ1n) is 2.90. The molecule has 0 bridgehead atoms. The quantitative estimate of drug-likeness (QED) is 0.760. The summed E-state index contributed by atoms with van der Waals surface area (Å²) >= 11 is 5.34. The van der Waals surface area contributed by atoms with Crippen LogP contribution in [0.5, 0.6) is 0 Å². The molecule has 11 heavy (non-hydrogen) atoms. The maximum absolute atomic E-state index is 11.9. The molecular weight excluding hydrogens is 176 g/mol. The Bertz CT molecular complexity index is 238. The van der Waals surface area contributed by atoms with Gasteiger partial charge in [-0.3, -0.25) is 0 Å². The number of rotatable bonds is 2. The van der Waals surface area contributed by atoms with Crippen molar-refractivity contribution in [3.05, 3.63) is 23.1 Å². The number of halogens is 3. The number of nitrogens with two attached hydrogens (primary N) is 1. The van der Waals surface area contributed by atoms with Crippen LogP contribution in [0.3, 0.4) is 0 Å². The van der Waals surface area contributed by atoms with Crippen LogP contribution in [0.4, 0.5) is 8.78 Å². The molecule has 62 valence electrons. The highest BCUT2D eigenvalue weighted by Crippen LogP contribution is 2.22. The van der Waals surface area contributed by atoms with Crippen LogP contribution in [-0.4, -0.2) is 6.43 Å². The van der Waals surface area contributed by atoms with Gasteiger partial charge in [-0.05, 0) is 23.7 Å². The second-order valence-corrected chi connectivity index (χ2v) is 2.37. The molecule has 0 aromatic carbocycles. The van der Waals surface area contributed by atoms with E-state index in [-0.39, 0.29) is 11.0 Å². The smallest absolute Gasteiger partial charge is 0.260 e. The summed E-state index contributed by atoms with van der Waals surface area (Å²) in [5.41, 5.74) is 5.05. The van der Waals surface area contributed by atoms with Crippen molar-refractivity contribution in [2.45, 2.75) is 12.5 Å². The maximum atomic E-state index is 11.9. The standard InChI is InChI=1S/C6H6ClF2NO/c7-4-2-1-3(11-4)5(10)6(8)9/h1-2,5-6H,10H2/t5-/m0/s1. The Balaban J connectivity index is 2.76. The van der Waals surface area contributed by atoms with Crippen LogP contribution in [0.15, 0.2) is 16.5 Å². The highest BCUT2D eigenvalue weighted by Gasteiger charge is 2.20. The SMILES string of the molecule is N[C@@H](c1ccc(Cl)o1)C(F)F. The molecular formula is C6H6ClF2NO. The summed E-state index contributed by atoms with van der Waals surface area (Å²) in [5.74, 6) is 0.00463. The minimum atomic E-state index is -2.63. The highest BCUT2D eigenvalue weighted by molar-refractivity contribution is 6.28. The van der Waals surface area contributed by atoms with Crippen molar-refractivity contribution in [3.63, 3.8) is 0 Å². The van der Waals surface area contributed by atoms with Gasteiger partial charge in [0.15, 0.2) is 5.22 Å². The van der Waals surface area contributed by atoms with Crippen LogP contribution >= 0.6 is 11.6 Å². The summed E-state index contributed by atoms with van der Waals surface area (Å²) in [5, 5.41) is 0.0658. The second-order valence-electron chi connectivity index (χ2n) is 2.00. The van der Waals surface area contributed by atoms with Crippen LogP contribution in [0.1, 0.15) is 11.8 Å². The lowest BCUT2D eigenvalue weighted by molar-refractivity contribution is 0.107. The van der Waals surface area contributed by atoms with E-state index >= 15 is 0 Å². The molecule has 0 unspecified atom stereocenters. The molecule has 5 heteroatoms. The van der Waals surface area contributed by atoms with Gasteiger partial charge >= 0.3 is 0 Å². The van der Waals surface area contributed by atoms with Gasteiger partial charge in [0, 0.05) is 0 Å². The number of hydrogen-bond donors (Lipinski definition) is 1. The van der Waals surface area contributed by atoms with E-state index in [1.165, 1.54) is 12.1 Å². The Kier molecular flexibility index (Phi) is 2.46. The summed E-state index contributed by atoms with van der Waals surface area (Å²) in [6, 6.07) is 1.32. The van der Waals surface area contributed by atoms with Crippen LogP contribution in [0.25, 0.3) is 0 Å². The molecule has 1 aromatic heterocycles. The van der Waals surface area contributed by atoms with E-state index < -0.39 is 12.5 Å². The molecule has 2 nitrogen and oxygen atoms in total. The molecule has 0 amide bonds. The normalized spacial score (nSPS) is 13.9. The zero-order chi connectivity index (χ0) is 8.43. The van der Waals surface area contributed by atoms with Gasteiger partial charge in [-0.25, -0.2) is 8.78 Å². The molecule has 0 aliphatic carbocycles. The van der Waals surface area contributed by atoms with Crippen molar-refractivity contribution in [2.24, 2.45) is 5.73 Å². The Hall–Kier alpha value is -0.610. The third-order valence-electron chi connectivity index (χ3n) is 1.19. The van der Waals surface area contributed by atoms with Gasteiger partial charge in [0.25, 0.3) is 6.43 Å². The first-order valence-corrected chi connectivity index (χ1v) is 3.28. The second kappa shape index (κ2) is 3.19. The van der Waals surface area contributed by atoms with Gasteiger partial charge < -0.3 is 10.2 Å². The Labute approximate surface area is 66.9 Å². The average Bonchev–Trinajstić information content (AvgIpc) is 2.34. The molecule has 1 rings (SSSR count). The van der Waals surface area contributed by atoms with Crippen LogP contribution in [-0.2, 0) is 0 Å². The zero-order valence-corrected chi connectivity index (χ0v) is 6.18. The Morgan fingerprint density at radius 2 is 2.09 bits per heavy atom. The summed E-state index contributed by atoms with van der Waals surface area (Å²) in [7, 11) is 0. The van der Waals surface area contributed by atoms with Gasteiger partial charge in [0.2, 0.25) is 0 Å². The Morgan fingerprint density at radius 1 is 1.45 bits per heavy atom. The number of furan rings is 1. The predicted molar refractivity (Wildman–Crippen MR) is 36.7 cm³/mol. The maximum Gasteiger partial charge on any atom is 0.260 e. The van der Waals surface area contributed by atoms with Gasteiger partial charge in [-0.15, -0.1) is 0 Å². The van der Waals surface area contributed by atoms with Gasteiger partial charge in [-0.2, -0.15) is 0 Å². The third-order valence-corrected chi connectivity index (χ3v) is 1.40. The Morgan fingerprint density at radius 3 is 2.45 bits per heavy atom. The van der Waals surface area contributed by atoms with Crippen molar-refractivity contribution in [2.75, 3.05) is 0 Å². The number of hydrogen-bond acceptors (Lipinski definition) is 2. The van der Waals surface area contributed by atoms with E-state index in [0.29, 0.717) is 0 Å². The lowest BCUT2D eigenvalue weighted by atomic mass is 10.2. The van der Waals surface area contributed by atoms with E-state index in [1.54, 1.807) is 0 Å². The fourth-order valence-corrected chi connectivity index (χ4v) is 0.784. The van der Waals surface area contributed by atoms with Crippen molar-refractivity contribution >= 4 is 11.6 Å². The van der Waals surface area contributed by atoms with E-state index in [0.717, 1.165) is 0 Å². The summed E-state index contributed by atoms with van der Waals surface area (Å²) < 4.78 is 28.5. The molecule has 0 radical (unpaired) electrons. The van der Waals surface area contributed by atoms with E-state index in [2.05, 4.69) is 4.42 Å². The first kappa shape index (κ1) is 8.49. The summed E-state index contributed by atoms with van der Waals surface area (Å²) in [4.78, 5) is 0. The number of alkyl halides is 2. The minimum absolute atomic E-state index is 0.00463. The van der Waals surface area contributed by atoms with Crippen molar-refractivity contribution < 1.29 is 13.2 Å². The van der Waals surface area contributed by atoms with E-state index in [4.69, 9.17) is 17.3 Å². The lowest BCUT2D eigenvalue weighted by Crippen LogP contribution is -2.17. The molecule has 1 atom stereocenters. The fourth-order valence-electron chi connectivity index (χ4n) is 0.632. The van der Waals surface area contributed by atoms with E-state index in [1.807, 2.05) is 0 Å². The van der Waals surface area contributed by atoms with Gasteiger partial charge in [0.1, 0.15) is 11.8 Å². The first-order chi connectivity index (χ1) is 5.11. The molecule has 0 saturated heterocycles. The minimum Gasteiger partial charge on any atom is -0.448 e. The largest absolute Gasteiger partial charge is 0.448 e. The zero-order valence-electron chi connectivity index (χ0n) is 5.43. The molecule has 1 aromatic rings. The summed E-state index contributed by atoms with van der Waals surface area (Å²) in [6.07, 6.45) is -2.63. The molecule has 1 heterocycles.